The minimum atomic E-state index is -0.0698. The molecular formula is C10H9N3O. The van der Waals surface area contributed by atoms with Crippen LogP contribution in [-0.4, -0.2) is 9.78 Å². The quantitative estimate of drug-likeness (QED) is 0.729. The highest BCUT2D eigenvalue weighted by molar-refractivity contribution is 5.79. The van der Waals surface area contributed by atoms with Crippen molar-refractivity contribution in [1.29, 1.82) is 5.26 Å². The Morgan fingerprint density at radius 3 is 3.00 bits per heavy atom. The summed E-state index contributed by atoms with van der Waals surface area (Å²) in [5, 5.41) is 12.2. The van der Waals surface area contributed by atoms with E-state index in [2.05, 4.69) is 5.10 Å². The van der Waals surface area contributed by atoms with Crippen LogP contribution in [0.2, 0.25) is 0 Å². The molecule has 1 N–H and O–H groups in total. The van der Waals surface area contributed by atoms with Crippen molar-refractivity contribution in [2.24, 2.45) is 0 Å². The summed E-state index contributed by atoms with van der Waals surface area (Å²) in [4.78, 5) is 11.6. The van der Waals surface area contributed by atoms with Crippen molar-refractivity contribution in [3.8, 4) is 6.07 Å². The molecule has 0 bridgehead atoms. The molecule has 0 spiro atoms. The molecule has 70 valence electrons. The number of aromatic nitrogens is 2. The maximum atomic E-state index is 11.6. The van der Waals surface area contributed by atoms with Gasteiger partial charge in [-0.15, -0.1) is 0 Å². The molecule has 2 rings (SSSR count). The minimum absolute atomic E-state index is 0.0698. The van der Waals surface area contributed by atoms with Gasteiger partial charge in [0.1, 0.15) is 0 Å². The van der Waals surface area contributed by atoms with Crippen molar-refractivity contribution in [1.82, 2.24) is 9.78 Å². The zero-order chi connectivity index (χ0) is 10.1. The Labute approximate surface area is 80.4 Å². The summed E-state index contributed by atoms with van der Waals surface area (Å²) in [6.45, 7) is 2.50. The summed E-state index contributed by atoms with van der Waals surface area (Å²) in [6, 6.07) is 7.07. The summed E-state index contributed by atoms with van der Waals surface area (Å²) in [5.74, 6) is 0. The largest absolute Gasteiger partial charge is 0.295 e. The Morgan fingerprint density at radius 1 is 1.57 bits per heavy atom. The molecule has 1 heterocycles. The molecule has 0 fully saturated rings. The fourth-order valence-corrected chi connectivity index (χ4v) is 1.45. The van der Waals surface area contributed by atoms with Crippen LogP contribution in [0.4, 0.5) is 0 Å². The molecule has 1 aromatic carbocycles. The Kier molecular flexibility index (Phi) is 1.86. The summed E-state index contributed by atoms with van der Waals surface area (Å²) >= 11 is 0. The van der Waals surface area contributed by atoms with Crippen molar-refractivity contribution in [2.75, 3.05) is 0 Å². The van der Waals surface area contributed by atoms with Gasteiger partial charge in [0, 0.05) is 6.54 Å². The van der Waals surface area contributed by atoms with E-state index in [-0.39, 0.29) is 5.56 Å². The van der Waals surface area contributed by atoms with Gasteiger partial charge in [0.05, 0.1) is 22.5 Å². The van der Waals surface area contributed by atoms with Crippen LogP contribution in [0.1, 0.15) is 12.5 Å². The number of benzene rings is 1. The molecule has 0 unspecified atom stereocenters. The molecule has 4 heteroatoms. The number of nitriles is 1. The number of rotatable bonds is 1. The van der Waals surface area contributed by atoms with Crippen LogP contribution in [0.3, 0.4) is 0 Å². The number of aryl methyl sites for hydroxylation is 1. The topological polar surface area (TPSA) is 61.6 Å². The fourth-order valence-electron chi connectivity index (χ4n) is 1.45. The molecule has 0 aliphatic rings. The zero-order valence-electron chi connectivity index (χ0n) is 7.74. The van der Waals surface area contributed by atoms with E-state index in [1.54, 1.807) is 18.2 Å². The second kappa shape index (κ2) is 3.04. The highest BCUT2D eigenvalue weighted by Gasteiger charge is 2.05. The molecule has 2 aromatic rings. The molecule has 1 aromatic heterocycles. The van der Waals surface area contributed by atoms with Crippen LogP contribution in [-0.2, 0) is 6.54 Å². The van der Waals surface area contributed by atoms with Gasteiger partial charge in [-0.25, -0.2) is 0 Å². The van der Waals surface area contributed by atoms with E-state index in [1.165, 1.54) is 4.68 Å². The van der Waals surface area contributed by atoms with Gasteiger partial charge in [0.2, 0.25) is 0 Å². The van der Waals surface area contributed by atoms with Crippen molar-refractivity contribution in [3.63, 3.8) is 0 Å². The van der Waals surface area contributed by atoms with Gasteiger partial charge >= 0.3 is 0 Å². The van der Waals surface area contributed by atoms with Crippen molar-refractivity contribution in [2.45, 2.75) is 13.5 Å². The maximum Gasteiger partial charge on any atom is 0.274 e. The first-order valence-corrected chi connectivity index (χ1v) is 4.39. The Hall–Kier alpha value is -2.02. The lowest BCUT2D eigenvalue weighted by molar-refractivity contribution is 0.646. The number of H-pyrrole nitrogens is 1. The van der Waals surface area contributed by atoms with Gasteiger partial charge in [-0.2, -0.15) is 5.26 Å². The summed E-state index contributed by atoms with van der Waals surface area (Å²) < 4.78 is 1.52. The number of hydrogen-bond acceptors (Lipinski definition) is 2. The average Bonchev–Trinajstić information content (AvgIpc) is 2.55. The molecular weight excluding hydrogens is 178 g/mol. The normalized spacial score (nSPS) is 10.3. The number of aromatic amines is 1. The van der Waals surface area contributed by atoms with Crippen molar-refractivity contribution >= 4 is 10.9 Å². The molecule has 14 heavy (non-hydrogen) atoms. The van der Waals surface area contributed by atoms with Crippen molar-refractivity contribution in [3.05, 3.63) is 34.1 Å². The van der Waals surface area contributed by atoms with E-state index < -0.39 is 0 Å². The van der Waals surface area contributed by atoms with Gasteiger partial charge < -0.3 is 0 Å². The first-order chi connectivity index (χ1) is 6.76. The third kappa shape index (κ3) is 1.11. The summed E-state index contributed by atoms with van der Waals surface area (Å²) in [7, 11) is 0. The molecule has 0 amide bonds. The van der Waals surface area contributed by atoms with E-state index in [9.17, 15) is 4.79 Å². The molecule has 0 atom stereocenters. The standard InChI is InChI=1S/C10H9N3O/c1-2-13-10(14)8-5-7(6-11)3-4-9(8)12-13/h3-5,12H,2H2,1H3. The number of nitrogens with one attached hydrogen (secondary N) is 1. The first-order valence-electron chi connectivity index (χ1n) is 4.39. The van der Waals surface area contributed by atoms with E-state index in [0.29, 0.717) is 17.5 Å². The summed E-state index contributed by atoms with van der Waals surface area (Å²) in [5.41, 5.74) is 1.22. The van der Waals surface area contributed by atoms with E-state index in [0.717, 1.165) is 5.52 Å². The minimum Gasteiger partial charge on any atom is -0.295 e. The monoisotopic (exact) mass is 187 g/mol. The van der Waals surface area contributed by atoms with Crippen LogP contribution in [0.25, 0.3) is 10.9 Å². The molecule has 0 aliphatic heterocycles. The predicted octanol–water partition coefficient (Wildman–Crippen LogP) is 1.22. The lowest BCUT2D eigenvalue weighted by Crippen LogP contribution is -2.14. The van der Waals surface area contributed by atoms with Crippen LogP contribution in [0, 0.1) is 11.3 Å². The molecule has 0 saturated heterocycles. The second-order valence-corrected chi connectivity index (χ2v) is 3.03. The van der Waals surface area contributed by atoms with Gasteiger partial charge in [0.15, 0.2) is 0 Å². The Bertz CT molecular complexity index is 571. The second-order valence-electron chi connectivity index (χ2n) is 3.03. The fraction of sp³-hybridized carbons (Fsp3) is 0.200. The Morgan fingerprint density at radius 2 is 2.36 bits per heavy atom. The SMILES string of the molecule is CCn1[nH]c2ccc(C#N)cc2c1=O. The van der Waals surface area contributed by atoms with Crippen LogP contribution >= 0.6 is 0 Å². The molecule has 4 nitrogen and oxygen atoms in total. The van der Waals surface area contributed by atoms with Gasteiger partial charge in [-0.1, -0.05) is 0 Å². The molecule has 0 aliphatic carbocycles. The third-order valence-electron chi connectivity index (χ3n) is 2.20. The van der Waals surface area contributed by atoms with E-state index in [4.69, 9.17) is 5.26 Å². The Balaban J connectivity index is 2.83. The van der Waals surface area contributed by atoms with E-state index in [1.807, 2.05) is 13.0 Å². The summed E-state index contributed by atoms with van der Waals surface area (Å²) in [6.07, 6.45) is 0. The number of fused-ring (bicyclic) bond motifs is 1. The first kappa shape index (κ1) is 8.57. The smallest absolute Gasteiger partial charge is 0.274 e. The zero-order valence-corrected chi connectivity index (χ0v) is 7.74. The highest BCUT2D eigenvalue weighted by atomic mass is 16.1. The van der Waals surface area contributed by atoms with Crippen LogP contribution < -0.4 is 5.56 Å². The lowest BCUT2D eigenvalue weighted by Gasteiger charge is -1.90. The maximum absolute atomic E-state index is 11.6. The van der Waals surface area contributed by atoms with Crippen LogP contribution in [0.15, 0.2) is 23.0 Å². The third-order valence-corrected chi connectivity index (χ3v) is 2.20. The lowest BCUT2D eigenvalue weighted by atomic mass is 10.2. The number of nitrogens with zero attached hydrogens (tertiary/aromatic N) is 2. The molecule has 0 saturated carbocycles. The number of hydrogen-bond donors (Lipinski definition) is 1. The highest BCUT2D eigenvalue weighted by Crippen LogP contribution is 2.09. The predicted molar refractivity (Wildman–Crippen MR) is 52.9 cm³/mol. The molecule has 0 radical (unpaired) electrons. The van der Waals surface area contributed by atoms with Crippen LogP contribution in [0.5, 0.6) is 0 Å². The van der Waals surface area contributed by atoms with Crippen molar-refractivity contribution < 1.29 is 0 Å². The van der Waals surface area contributed by atoms with E-state index >= 15 is 0 Å². The van der Waals surface area contributed by atoms with Gasteiger partial charge in [-0.3, -0.25) is 14.6 Å². The van der Waals surface area contributed by atoms with Gasteiger partial charge in [-0.05, 0) is 25.1 Å². The van der Waals surface area contributed by atoms with Gasteiger partial charge in [0.25, 0.3) is 5.56 Å². The average molecular weight is 187 g/mol.